The van der Waals surface area contributed by atoms with Crippen LogP contribution in [-0.4, -0.2) is 58.4 Å². The number of hydrogen-bond acceptors (Lipinski definition) is 10. The van der Waals surface area contributed by atoms with Crippen molar-refractivity contribution >= 4 is 36.9 Å². The maximum Gasteiger partial charge on any atom is 0.242 e. The predicted molar refractivity (Wildman–Crippen MR) is 133 cm³/mol. The first-order valence-corrected chi connectivity index (χ1v) is 14.2. The summed E-state index contributed by atoms with van der Waals surface area (Å²) >= 11 is 0. The van der Waals surface area contributed by atoms with Gasteiger partial charge in [-0.25, -0.2) is 36.7 Å². The molecule has 0 saturated carbocycles. The van der Waals surface area contributed by atoms with E-state index in [1.54, 1.807) is 19.1 Å². The molecule has 0 radical (unpaired) electrons. The number of primary sulfonamides is 1. The molecule has 2 aliphatic rings. The Balaban J connectivity index is 1.81. The molecule has 1 saturated heterocycles. The lowest BCUT2D eigenvalue weighted by atomic mass is 9.97. The molecule has 0 unspecified atom stereocenters. The van der Waals surface area contributed by atoms with Gasteiger partial charge in [-0.1, -0.05) is 18.2 Å². The van der Waals surface area contributed by atoms with Gasteiger partial charge in [0.15, 0.2) is 12.5 Å². The van der Waals surface area contributed by atoms with Crippen molar-refractivity contribution in [1.82, 2.24) is 20.0 Å². The third kappa shape index (κ3) is 4.44. The minimum Gasteiger partial charge on any atom is -0.341 e. The Bertz CT molecular complexity index is 1620. The van der Waals surface area contributed by atoms with E-state index in [4.69, 9.17) is 10.9 Å². The van der Waals surface area contributed by atoms with E-state index in [1.165, 1.54) is 12.1 Å². The molecule has 2 aliphatic heterocycles. The van der Waals surface area contributed by atoms with Crippen LogP contribution in [0.5, 0.6) is 0 Å². The number of nitrogens with zero attached hydrogens (tertiary/aromatic N) is 4. The maximum absolute atomic E-state index is 13.4. The third-order valence-corrected chi connectivity index (χ3v) is 8.69. The van der Waals surface area contributed by atoms with Crippen LogP contribution in [0.2, 0.25) is 0 Å². The Hall–Kier alpha value is -3.08. The fraction of sp³-hybridized carbons (Fsp3) is 0.333. The van der Waals surface area contributed by atoms with Gasteiger partial charge in [-0.05, 0) is 37.6 Å². The second kappa shape index (κ2) is 9.10. The van der Waals surface area contributed by atoms with Crippen molar-refractivity contribution in [3.63, 3.8) is 0 Å². The fourth-order valence-electron chi connectivity index (χ4n) is 4.38. The molecular weight excluding hydrogens is 506 g/mol. The summed E-state index contributed by atoms with van der Waals surface area (Å²) in [4.78, 5) is 10.9. The van der Waals surface area contributed by atoms with Crippen LogP contribution < -0.4 is 20.9 Å². The molecule has 0 aliphatic carbocycles. The summed E-state index contributed by atoms with van der Waals surface area (Å²) in [6, 6.07) is 7.29. The number of aromatic nitrogens is 2. The Labute approximate surface area is 207 Å². The molecule has 7 N–H and O–H groups in total. The highest BCUT2D eigenvalue weighted by atomic mass is 32.2. The zero-order valence-corrected chi connectivity index (χ0v) is 20.9. The van der Waals surface area contributed by atoms with Gasteiger partial charge in [0.2, 0.25) is 20.0 Å². The van der Waals surface area contributed by atoms with E-state index in [0.717, 1.165) is 0 Å². The summed E-state index contributed by atoms with van der Waals surface area (Å²) in [7, 11) is -8.85. The molecule has 0 spiro atoms. The third-order valence-electron chi connectivity index (χ3n) is 6.00. The number of H-pyrrole nitrogens is 1. The molecule has 13 nitrogen and oxygen atoms in total. The van der Waals surface area contributed by atoms with Crippen LogP contribution in [0.25, 0.3) is 22.2 Å². The van der Waals surface area contributed by atoms with Gasteiger partial charge in [0.05, 0.1) is 22.6 Å². The smallest absolute Gasteiger partial charge is 0.242 e. The van der Waals surface area contributed by atoms with Crippen molar-refractivity contribution in [2.24, 2.45) is 26.1 Å². The van der Waals surface area contributed by atoms with E-state index < -0.39 is 29.8 Å². The number of aliphatic imine (C=N–C) groups is 1. The van der Waals surface area contributed by atoms with Gasteiger partial charge in [-0.15, -0.1) is 5.11 Å². The average Bonchev–Trinajstić information content (AvgIpc) is 3.58. The Kier molecular flexibility index (Phi) is 6.22. The van der Waals surface area contributed by atoms with Crippen LogP contribution in [0.3, 0.4) is 0 Å². The molecule has 36 heavy (non-hydrogen) atoms. The van der Waals surface area contributed by atoms with Gasteiger partial charge < -0.3 is 16.0 Å². The van der Waals surface area contributed by atoms with Crippen LogP contribution in [0, 0.1) is 0 Å². The lowest BCUT2D eigenvalue weighted by Gasteiger charge is -2.19. The molecule has 3 aromatic rings. The van der Waals surface area contributed by atoms with Crippen molar-refractivity contribution in [3.05, 3.63) is 41.7 Å². The largest absolute Gasteiger partial charge is 0.341 e. The standard InChI is InChI=1S/C21H25N9O4S2/c1-11(22)20-27-15-4-2-3-14(18(15)28-20)13-5-6-16(36(33,34)30-12-7-8-24-9-12)19(35(23,31)32)17(13)21-25-10-26-29-21/h2-6,11-12,24,30H,7-10,22H2,1H3,(H,27,28)(H2,23,31,32)/t11-,12-/m1/s1. The highest BCUT2D eigenvalue weighted by Gasteiger charge is 2.34. The molecule has 1 fully saturated rings. The fourth-order valence-corrected chi connectivity index (χ4v) is 7.26. The van der Waals surface area contributed by atoms with E-state index in [0.29, 0.717) is 47.5 Å². The van der Waals surface area contributed by atoms with E-state index in [1.807, 2.05) is 6.07 Å². The predicted octanol–water partition coefficient (Wildman–Crippen LogP) is 0.707. The molecule has 5 rings (SSSR count). The number of imidazole rings is 1. The minimum atomic E-state index is -4.58. The lowest BCUT2D eigenvalue weighted by molar-refractivity contribution is 0.555. The summed E-state index contributed by atoms with van der Waals surface area (Å²) in [5, 5.41) is 16.5. The normalized spacial score (nSPS) is 19.2. The van der Waals surface area contributed by atoms with Gasteiger partial charge in [0, 0.05) is 18.2 Å². The quantitative estimate of drug-likeness (QED) is 0.294. The molecule has 2 aromatic carbocycles. The van der Waals surface area contributed by atoms with Crippen LogP contribution in [0.15, 0.2) is 55.3 Å². The highest BCUT2D eigenvalue weighted by Crippen LogP contribution is 2.37. The number of fused-ring (bicyclic) bond motifs is 1. The number of azo groups is 1. The first-order chi connectivity index (χ1) is 17.1. The summed E-state index contributed by atoms with van der Waals surface area (Å²) in [5.74, 6) is 0.505. The summed E-state index contributed by atoms with van der Waals surface area (Å²) < 4.78 is 55.3. The van der Waals surface area contributed by atoms with Crippen LogP contribution in [-0.2, 0) is 20.0 Å². The molecule has 3 heterocycles. The van der Waals surface area contributed by atoms with Gasteiger partial charge in [0.25, 0.3) is 0 Å². The maximum atomic E-state index is 13.4. The van der Waals surface area contributed by atoms with E-state index >= 15 is 0 Å². The van der Waals surface area contributed by atoms with Crippen molar-refractivity contribution in [2.45, 2.75) is 35.2 Å². The van der Waals surface area contributed by atoms with Crippen LogP contribution in [0.4, 0.5) is 0 Å². The number of hydrogen-bond donors (Lipinski definition) is 5. The summed E-state index contributed by atoms with van der Waals surface area (Å²) in [6.45, 7) is 2.83. The molecule has 15 heteroatoms. The first kappa shape index (κ1) is 24.6. The second-order valence-electron chi connectivity index (χ2n) is 8.65. The first-order valence-electron chi connectivity index (χ1n) is 11.2. The molecule has 2 atom stereocenters. The zero-order chi connectivity index (χ0) is 25.7. The van der Waals surface area contributed by atoms with Crippen molar-refractivity contribution < 1.29 is 16.8 Å². The Morgan fingerprint density at radius 2 is 1.94 bits per heavy atom. The van der Waals surface area contributed by atoms with Gasteiger partial charge in [-0.2, -0.15) is 5.11 Å². The number of aromatic amines is 1. The van der Waals surface area contributed by atoms with Crippen molar-refractivity contribution in [1.29, 1.82) is 0 Å². The average molecular weight is 532 g/mol. The summed E-state index contributed by atoms with van der Waals surface area (Å²) in [5.41, 5.74) is 8.00. The number of rotatable bonds is 7. The Morgan fingerprint density at radius 3 is 2.58 bits per heavy atom. The molecule has 1 aromatic heterocycles. The number of nitrogens with one attached hydrogen (secondary N) is 3. The number of benzene rings is 2. The number of amidine groups is 1. The SMILES string of the molecule is C[C@@H](N)c1nc2c(-c3ccc(S(=O)(=O)N[C@@H]4CCNC4)c(S(N)(=O)=O)c3C3=NCN=N3)cccc2[nH]1. The van der Waals surface area contributed by atoms with E-state index in [2.05, 4.69) is 35.2 Å². The zero-order valence-electron chi connectivity index (χ0n) is 19.3. The van der Waals surface area contributed by atoms with E-state index in [-0.39, 0.29) is 30.2 Å². The molecule has 0 amide bonds. The number of nitrogens with two attached hydrogens (primary N) is 2. The summed E-state index contributed by atoms with van der Waals surface area (Å²) in [6.07, 6.45) is 0.568. The van der Waals surface area contributed by atoms with Gasteiger partial charge in [0.1, 0.15) is 15.6 Å². The van der Waals surface area contributed by atoms with E-state index in [9.17, 15) is 16.8 Å². The Morgan fingerprint density at radius 1 is 1.14 bits per heavy atom. The van der Waals surface area contributed by atoms with Crippen LogP contribution in [0.1, 0.15) is 30.8 Å². The van der Waals surface area contributed by atoms with Gasteiger partial charge >= 0.3 is 0 Å². The van der Waals surface area contributed by atoms with Crippen molar-refractivity contribution in [3.8, 4) is 11.1 Å². The van der Waals surface area contributed by atoms with Crippen molar-refractivity contribution in [2.75, 3.05) is 19.8 Å². The monoisotopic (exact) mass is 531 g/mol. The topological polar surface area (TPSA) is 210 Å². The second-order valence-corrected chi connectivity index (χ2v) is 11.8. The molecule has 0 bridgehead atoms. The number of sulfonamides is 2. The molecule has 190 valence electrons. The number of para-hydroxylation sites is 1. The highest BCUT2D eigenvalue weighted by molar-refractivity contribution is 7.92. The molecular formula is C21H25N9O4S2. The minimum absolute atomic E-state index is 0.0246. The van der Waals surface area contributed by atoms with Crippen LogP contribution >= 0.6 is 0 Å². The van der Waals surface area contributed by atoms with Gasteiger partial charge in [-0.3, -0.25) is 0 Å². The lowest BCUT2D eigenvalue weighted by Crippen LogP contribution is -2.37.